The van der Waals surface area contributed by atoms with Gasteiger partial charge in [0, 0.05) is 12.2 Å². The number of nitrogens with one attached hydrogen (secondary N) is 1. The summed E-state index contributed by atoms with van der Waals surface area (Å²) in [6.07, 6.45) is 3.74. The van der Waals surface area contributed by atoms with Crippen LogP contribution in [0.15, 0.2) is 18.3 Å². The van der Waals surface area contributed by atoms with E-state index in [-0.39, 0.29) is 11.6 Å². The Morgan fingerprint density at radius 1 is 1.47 bits per heavy atom. The predicted octanol–water partition coefficient (Wildman–Crippen LogP) is 3.02. The van der Waals surface area contributed by atoms with E-state index >= 15 is 0 Å². The Bertz CT molecular complexity index is 375. The van der Waals surface area contributed by atoms with Crippen molar-refractivity contribution in [1.29, 1.82) is 0 Å². The Morgan fingerprint density at radius 3 is 2.65 bits per heavy atom. The van der Waals surface area contributed by atoms with Gasteiger partial charge in [0.1, 0.15) is 11.4 Å². The molecule has 0 fully saturated rings. The molecule has 0 amide bonds. The number of hydrogen-bond acceptors (Lipinski definition) is 3. The molecule has 1 aromatic rings. The summed E-state index contributed by atoms with van der Waals surface area (Å²) in [5, 5.41) is 12.3. The van der Waals surface area contributed by atoms with Crippen LogP contribution >= 0.6 is 0 Å². The molecule has 1 unspecified atom stereocenters. The third-order valence-corrected chi connectivity index (χ3v) is 3.16. The molecule has 1 rings (SSSR count). The van der Waals surface area contributed by atoms with E-state index in [2.05, 4.69) is 31.1 Å². The number of carboxylic acids is 1. The maximum Gasteiger partial charge on any atom is 0.339 e. The number of pyridine rings is 1. The predicted molar refractivity (Wildman–Crippen MR) is 68.4 cm³/mol. The maximum atomic E-state index is 11.0. The van der Waals surface area contributed by atoms with Crippen molar-refractivity contribution >= 4 is 11.8 Å². The molecule has 1 aromatic heterocycles. The summed E-state index contributed by atoms with van der Waals surface area (Å²) in [6.45, 7) is 6.35. The van der Waals surface area contributed by atoms with E-state index in [1.54, 1.807) is 18.3 Å². The van der Waals surface area contributed by atoms with E-state index in [0.29, 0.717) is 11.7 Å². The molecular weight excluding hydrogens is 216 g/mol. The van der Waals surface area contributed by atoms with Crippen molar-refractivity contribution in [2.45, 2.75) is 39.7 Å². The number of rotatable bonds is 6. The molecule has 94 valence electrons. The number of carbonyl (C=O) groups is 1. The summed E-state index contributed by atoms with van der Waals surface area (Å²) in [5.41, 5.74) is 0.227. The number of hydrogen-bond donors (Lipinski definition) is 2. The summed E-state index contributed by atoms with van der Waals surface area (Å²) in [7, 11) is 0. The van der Waals surface area contributed by atoms with Gasteiger partial charge in [-0.3, -0.25) is 0 Å². The molecule has 2 N–H and O–H groups in total. The fourth-order valence-electron chi connectivity index (χ4n) is 2.02. The van der Waals surface area contributed by atoms with Gasteiger partial charge in [0.25, 0.3) is 0 Å². The van der Waals surface area contributed by atoms with E-state index < -0.39 is 5.97 Å². The number of carboxylic acid groups (broad SMARTS) is 1. The molecule has 1 heterocycles. The lowest BCUT2D eigenvalue weighted by atomic mass is 9.95. The van der Waals surface area contributed by atoms with Crippen LogP contribution in [-0.4, -0.2) is 22.1 Å². The number of nitrogens with zero attached hydrogens (tertiary/aromatic N) is 1. The van der Waals surface area contributed by atoms with Crippen LogP contribution in [0.25, 0.3) is 0 Å². The van der Waals surface area contributed by atoms with Gasteiger partial charge >= 0.3 is 5.97 Å². The topological polar surface area (TPSA) is 62.2 Å². The lowest BCUT2D eigenvalue weighted by molar-refractivity contribution is 0.0697. The summed E-state index contributed by atoms with van der Waals surface area (Å²) in [6, 6.07) is 3.42. The monoisotopic (exact) mass is 236 g/mol. The van der Waals surface area contributed by atoms with Crippen molar-refractivity contribution in [2.24, 2.45) is 5.92 Å². The van der Waals surface area contributed by atoms with Gasteiger partial charge in [0.15, 0.2) is 0 Å². The maximum absolute atomic E-state index is 11.0. The molecule has 0 aliphatic carbocycles. The quantitative estimate of drug-likeness (QED) is 0.797. The minimum Gasteiger partial charge on any atom is -0.478 e. The van der Waals surface area contributed by atoms with Crippen molar-refractivity contribution in [3.05, 3.63) is 23.9 Å². The van der Waals surface area contributed by atoms with E-state index in [9.17, 15) is 4.79 Å². The third-order valence-electron chi connectivity index (χ3n) is 3.16. The number of aromatic nitrogens is 1. The van der Waals surface area contributed by atoms with Crippen LogP contribution in [-0.2, 0) is 0 Å². The molecule has 0 saturated carbocycles. The van der Waals surface area contributed by atoms with Gasteiger partial charge in [-0.25, -0.2) is 9.78 Å². The van der Waals surface area contributed by atoms with Crippen LogP contribution in [0.3, 0.4) is 0 Å². The lowest BCUT2D eigenvalue weighted by Crippen LogP contribution is -2.26. The van der Waals surface area contributed by atoms with Gasteiger partial charge in [-0.05, 0) is 25.0 Å². The molecule has 4 nitrogen and oxygen atoms in total. The Hall–Kier alpha value is -1.58. The average Bonchev–Trinajstić information content (AvgIpc) is 2.31. The highest BCUT2D eigenvalue weighted by molar-refractivity contribution is 5.93. The average molecular weight is 236 g/mol. The molecule has 0 saturated heterocycles. The Morgan fingerprint density at radius 2 is 2.12 bits per heavy atom. The first-order valence-corrected chi connectivity index (χ1v) is 6.04. The smallest absolute Gasteiger partial charge is 0.339 e. The number of anilines is 1. The molecule has 0 aliphatic heterocycles. The van der Waals surface area contributed by atoms with Gasteiger partial charge in [-0.15, -0.1) is 0 Å². The fourth-order valence-corrected chi connectivity index (χ4v) is 2.02. The van der Waals surface area contributed by atoms with Crippen LogP contribution in [0.5, 0.6) is 0 Å². The molecule has 0 aromatic carbocycles. The normalized spacial score (nSPS) is 12.5. The van der Waals surface area contributed by atoms with Gasteiger partial charge in [-0.2, -0.15) is 0 Å². The van der Waals surface area contributed by atoms with Crippen LogP contribution < -0.4 is 5.32 Å². The first-order chi connectivity index (χ1) is 8.10. The second-order valence-electron chi connectivity index (χ2n) is 4.21. The molecule has 0 radical (unpaired) electrons. The largest absolute Gasteiger partial charge is 0.478 e. The van der Waals surface area contributed by atoms with E-state index in [0.717, 1.165) is 12.8 Å². The molecule has 0 bridgehead atoms. The van der Waals surface area contributed by atoms with Gasteiger partial charge < -0.3 is 10.4 Å². The van der Waals surface area contributed by atoms with Crippen LogP contribution in [0, 0.1) is 5.92 Å². The van der Waals surface area contributed by atoms with Crippen molar-refractivity contribution in [3.8, 4) is 0 Å². The minimum absolute atomic E-state index is 0.220. The van der Waals surface area contributed by atoms with Gasteiger partial charge in [0.2, 0.25) is 0 Å². The van der Waals surface area contributed by atoms with E-state index in [4.69, 9.17) is 5.11 Å². The first kappa shape index (κ1) is 13.5. The Labute approximate surface area is 102 Å². The Balaban J connectivity index is 2.84. The molecule has 17 heavy (non-hydrogen) atoms. The standard InChI is InChI=1S/C13H20N2O2/c1-4-10(5-2)9(3)15-12-11(13(16)17)7-6-8-14-12/h6-10H,4-5H2,1-3H3,(H,14,15)(H,16,17). The molecular formula is C13H20N2O2. The van der Waals surface area contributed by atoms with Crippen molar-refractivity contribution in [2.75, 3.05) is 5.32 Å². The SMILES string of the molecule is CCC(CC)C(C)Nc1ncccc1C(=O)O. The second-order valence-corrected chi connectivity index (χ2v) is 4.21. The first-order valence-electron chi connectivity index (χ1n) is 6.04. The van der Waals surface area contributed by atoms with Crippen molar-refractivity contribution < 1.29 is 9.90 Å². The molecule has 0 aliphatic rings. The van der Waals surface area contributed by atoms with E-state index in [1.165, 1.54) is 0 Å². The summed E-state index contributed by atoms with van der Waals surface area (Å²) < 4.78 is 0. The van der Waals surface area contributed by atoms with E-state index in [1.807, 2.05) is 0 Å². The van der Waals surface area contributed by atoms with Gasteiger partial charge in [-0.1, -0.05) is 26.7 Å². The van der Waals surface area contributed by atoms with Crippen LogP contribution in [0.2, 0.25) is 0 Å². The zero-order chi connectivity index (χ0) is 12.8. The minimum atomic E-state index is -0.947. The highest BCUT2D eigenvalue weighted by Gasteiger charge is 2.17. The lowest BCUT2D eigenvalue weighted by Gasteiger charge is -2.23. The van der Waals surface area contributed by atoms with Crippen molar-refractivity contribution in [3.63, 3.8) is 0 Å². The number of aromatic carboxylic acids is 1. The summed E-state index contributed by atoms with van der Waals surface area (Å²) in [5.74, 6) is 0.0374. The highest BCUT2D eigenvalue weighted by Crippen LogP contribution is 2.19. The van der Waals surface area contributed by atoms with Gasteiger partial charge in [0.05, 0.1) is 0 Å². The zero-order valence-electron chi connectivity index (χ0n) is 10.6. The van der Waals surface area contributed by atoms with Crippen molar-refractivity contribution in [1.82, 2.24) is 4.98 Å². The molecule has 1 atom stereocenters. The summed E-state index contributed by atoms with van der Waals surface area (Å²) >= 11 is 0. The molecule has 4 heteroatoms. The highest BCUT2D eigenvalue weighted by atomic mass is 16.4. The molecule has 0 spiro atoms. The summed E-state index contributed by atoms with van der Waals surface area (Å²) in [4.78, 5) is 15.1. The third kappa shape index (κ3) is 3.44. The van der Waals surface area contributed by atoms with Crippen LogP contribution in [0.4, 0.5) is 5.82 Å². The fraction of sp³-hybridized carbons (Fsp3) is 0.538. The Kier molecular flexibility index (Phi) is 4.94. The zero-order valence-corrected chi connectivity index (χ0v) is 10.6. The second kappa shape index (κ2) is 6.23. The van der Waals surface area contributed by atoms with Crippen LogP contribution in [0.1, 0.15) is 44.0 Å².